The fraction of sp³-hybridized carbons (Fsp3) is 0.278. The maximum absolute atomic E-state index is 8.98. The molecule has 7 nitrogen and oxygen atoms in total. The van der Waals surface area contributed by atoms with Gasteiger partial charge in [0.25, 0.3) is 0 Å². The molecule has 2 heterocycles. The van der Waals surface area contributed by atoms with E-state index in [1.165, 1.54) is 11.9 Å². The molecule has 7 heteroatoms. The Morgan fingerprint density at radius 3 is 2.76 bits per heavy atom. The van der Waals surface area contributed by atoms with Crippen molar-refractivity contribution in [3.63, 3.8) is 0 Å². The summed E-state index contributed by atoms with van der Waals surface area (Å²) in [5.41, 5.74) is 4.31. The Kier molecular flexibility index (Phi) is 5.25. The van der Waals surface area contributed by atoms with Crippen molar-refractivity contribution >= 4 is 11.5 Å². The van der Waals surface area contributed by atoms with E-state index in [1.54, 1.807) is 17.2 Å². The maximum atomic E-state index is 8.98. The quantitative estimate of drug-likeness (QED) is 0.686. The molecule has 0 fully saturated rings. The molecule has 0 saturated heterocycles. The molecular weight excluding hydrogens is 316 g/mol. The molecule has 0 aliphatic rings. The zero-order chi connectivity index (χ0) is 17.6. The van der Waals surface area contributed by atoms with Crippen LogP contribution in [0, 0.1) is 6.92 Å². The summed E-state index contributed by atoms with van der Waals surface area (Å²) in [7, 11) is 1.93. The Balaban J connectivity index is 1.63. The lowest BCUT2D eigenvalue weighted by Gasteiger charge is -2.17. The van der Waals surface area contributed by atoms with Crippen LogP contribution >= 0.6 is 0 Å². The van der Waals surface area contributed by atoms with E-state index in [2.05, 4.69) is 39.4 Å². The normalized spacial score (nSPS) is 10.7. The summed E-state index contributed by atoms with van der Waals surface area (Å²) in [5, 5.41) is 16.5. The maximum Gasteiger partial charge on any atom is 0.138 e. The lowest BCUT2D eigenvalue weighted by Crippen LogP contribution is -2.21. The number of likely N-dealkylation sites (N-methyl/N-ethyl adjacent to an activating group) is 1. The van der Waals surface area contributed by atoms with Gasteiger partial charge in [-0.25, -0.2) is 14.6 Å². The summed E-state index contributed by atoms with van der Waals surface area (Å²) in [6.07, 6.45) is 5.03. The predicted octanol–water partition coefficient (Wildman–Crippen LogP) is 2.01. The Morgan fingerprint density at radius 2 is 2.12 bits per heavy atom. The fourth-order valence-electron chi connectivity index (χ4n) is 2.61. The first-order valence-corrected chi connectivity index (χ1v) is 8.14. The zero-order valence-electron chi connectivity index (χ0n) is 14.4. The van der Waals surface area contributed by atoms with Gasteiger partial charge < -0.3 is 15.3 Å². The van der Waals surface area contributed by atoms with Crippen LogP contribution in [-0.4, -0.2) is 45.1 Å². The van der Waals surface area contributed by atoms with Gasteiger partial charge in [-0.2, -0.15) is 5.10 Å². The van der Waals surface area contributed by atoms with E-state index in [1.807, 2.05) is 30.1 Å². The van der Waals surface area contributed by atoms with Gasteiger partial charge in [0.05, 0.1) is 24.2 Å². The van der Waals surface area contributed by atoms with Crippen molar-refractivity contribution in [3.05, 3.63) is 60.3 Å². The third-order valence-corrected chi connectivity index (χ3v) is 4.02. The van der Waals surface area contributed by atoms with E-state index in [4.69, 9.17) is 5.11 Å². The number of aromatic nitrogens is 4. The van der Waals surface area contributed by atoms with Gasteiger partial charge in [0.1, 0.15) is 18.5 Å². The van der Waals surface area contributed by atoms with E-state index < -0.39 is 0 Å². The summed E-state index contributed by atoms with van der Waals surface area (Å²) < 4.78 is 1.76. The number of rotatable bonds is 7. The van der Waals surface area contributed by atoms with E-state index in [-0.39, 0.29) is 6.61 Å². The third-order valence-electron chi connectivity index (χ3n) is 4.02. The van der Waals surface area contributed by atoms with Gasteiger partial charge in [0, 0.05) is 20.1 Å². The number of aliphatic hydroxyl groups excluding tert-OH is 1. The number of hydrogen-bond acceptors (Lipinski definition) is 6. The second-order valence-corrected chi connectivity index (χ2v) is 5.86. The highest BCUT2D eigenvalue weighted by Crippen LogP contribution is 2.17. The Labute approximate surface area is 147 Å². The van der Waals surface area contributed by atoms with Crippen molar-refractivity contribution < 1.29 is 5.11 Å². The van der Waals surface area contributed by atoms with Gasteiger partial charge >= 0.3 is 0 Å². The number of aryl methyl sites for hydroxylation is 1. The molecule has 1 aromatic carbocycles. The topological polar surface area (TPSA) is 79.1 Å². The standard InChI is InChI=1S/C18H22N6O/c1-14-9-15(3-5-17(14)24-13-19-12-22-24)10-20-18-6-4-16(11-21-18)23(2)7-8-25/h3-6,9,11-13,25H,7-8,10H2,1-2H3,(H,20,21). The minimum atomic E-state index is 0.125. The highest BCUT2D eigenvalue weighted by molar-refractivity contribution is 5.49. The summed E-state index contributed by atoms with van der Waals surface area (Å²) in [6.45, 7) is 3.47. The van der Waals surface area contributed by atoms with Crippen LogP contribution < -0.4 is 10.2 Å². The average Bonchev–Trinajstić information content (AvgIpc) is 3.15. The first kappa shape index (κ1) is 16.9. The van der Waals surface area contributed by atoms with Crippen molar-refractivity contribution in [1.82, 2.24) is 19.7 Å². The molecule has 2 N–H and O–H groups in total. The molecule has 0 bridgehead atoms. The smallest absolute Gasteiger partial charge is 0.138 e. The molecule has 3 rings (SSSR count). The van der Waals surface area contributed by atoms with E-state index >= 15 is 0 Å². The van der Waals surface area contributed by atoms with Gasteiger partial charge in [-0.15, -0.1) is 0 Å². The monoisotopic (exact) mass is 338 g/mol. The van der Waals surface area contributed by atoms with Crippen molar-refractivity contribution in [2.45, 2.75) is 13.5 Å². The molecule has 0 unspecified atom stereocenters. The number of pyridine rings is 1. The highest BCUT2D eigenvalue weighted by Gasteiger charge is 2.04. The molecule has 25 heavy (non-hydrogen) atoms. The van der Waals surface area contributed by atoms with Crippen LogP contribution in [0.15, 0.2) is 49.2 Å². The number of anilines is 2. The molecule has 3 aromatic rings. The number of aliphatic hydroxyl groups is 1. The minimum absolute atomic E-state index is 0.125. The Hall–Kier alpha value is -2.93. The first-order valence-electron chi connectivity index (χ1n) is 8.14. The number of benzene rings is 1. The number of nitrogens with zero attached hydrogens (tertiary/aromatic N) is 5. The minimum Gasteiger partial charge on any atom is -0.395 e. The molecule has 0 radical (unpaired) electrons. The Bertz CT molecular complexity index is 801. The van der Waals surface area contributed by atoms with Crippen LogP contribution in [0.3, 0.4) is 0 Å². The molecule has 0 amide bonds. The summed E-state index contributed by atoms with van der Waals surface area (Å²) >= 11 is 0. The van der Waals surface area contributed by atoms with Crippen LogP contribution in [0.1, 0.15) is 11.1 Å². The fourth-order valence-corrected chi connectivity index (χ4v) is 2.61. The molecular formula is C18H22N6O. The first-order chi connectivity index (χ1) is 12.2. The third kappa shape index (κ3) is 4.13. The second-order valence-electron chi connectivity index (χ2n) is 5.86. The van der Waals surface area contributed by atoms with Crippen molar-refractivity contribution in [2.75, 3.05) is 30.4 Å². The lowest BCUT2D eigenvalue weighted by atomic mass is 10.1. The van der Waals surface area contributed by atoms with Crippen LogP contribution in [0.25, 0.3) is 5.69 Å². The van der Waals surface area contributed by atoms with Crippen LogP contribution in [-0.2, 0) is 6.54 Å². The van der Waals surface area contributed by atoms with Crippen molar-refractivity contribution in [1.29, 1.82) is 0 Å². The predicted molar refractivity (Wildman–Crippen MR) is 98.0 cm³/mol. The average molecular weight is 338 g/mol. The van der Waals surface area contributed by atoms with Gasteiger partial charge in [-0.3, -0.25) is 0 Å². The summed E-state index contributed by atoms with van der Waals surface area (Å²) in [4.78, 5) is 10.4. The van der Waals surface area contributed by atoms with Gasteiger partial charge in [0.2, 0.25) is 0 Å². The van der Waals surface area contributed by atoms with E-state index in [0.29, 0.717) is 13.1 Å². The largest absolute Gasteiger partial charge is 0.395 e. The van der Waals surface area contributed by atoms with Crippen LogP contribution in [0.5, 0.6) is 0 Å². The Morgan fingerprint density at radius 1 is 1.24 bits per heavy atom. The molecule has 0 saturated carbocycles. The lowest BCUT2D eigenvalue weighted by molar-refractivity contribution is 0.304. The van der Waals surface area contributed by atoms with Crippen molar-refractivity contribution in [3.8, 4) is 5.69 Å². The summed E-state index contributed by atoms with van der Waals surface area (Å²) in [5.74, 6) is 0.819. The van der Waals surface area contributed by atoms with E-state index in [0.717, 1.165) is 22.8 Å². The van der Waals surface area contributed by atoms with Crippen LogP contribution in [0.4, 0.5) is 11.5 Å². The second kappa shape index (κ2) is 7.76. The highest BCUT2D eigenvalue weighted by atomic mass is 16.3. The van der Waals surface area contributed by atoms with E-state index in [9.17, 15) is 0 Å². The van der Waals surface area contributed by atoms with Crippen LogP contribution in [0.2, 0.25) is 0 Å². The van der Waals surface area contributed by atoms with Gasteiger partial charge in [-0.05, 0) is 36.2 Å². The molecule has 2 aromatic heterocycles. The number of nitrogens with one attached hydrogen (secondary N) is 1. The molecule has 0 atom stereocenters. The molecule has 0 spiro atoms. The SMILES string of the molecule is Cc1cc(CNc2ccc(N(C)CCO)cn2)ccc1-n1cncn1. The molecule has 0 aliphatic carbocycles. The molecule has 130 valence electrons. The van der Waals surface area contributed by atoms with Gasteiger partial charge in [0.15, 0.2) is 0 Å². The van der Waals surface area contributed by atoms with Crippen molar-refractivity contribution in [2.24, 2.45) is 0 Å². The summed E-state index contributed by atoms with van der Waals surface area (Å²) in [6, 6.07) is 10.2. The van der Waals surface area contributed by atoms with Gasteiger partial charge in [-0.1, -0.05) is 12.1 Å². The number of hydrogen-bond donors (Lipinski definition) is 2. The zero-order valence-corrected chi connectivity index (χ0v) is 14.4. The molecule has 0 aliphatic heterocycles.